The van der Waals surface area contributed by atoms with E-state index in [1.165, 1.54) is 12.1 Å². The number of rotatable bonds is 5. The van der Waals surface area contributed by atoms with Crippen molar-refractivity contribution in [3.8, 4) is 22.7 Å². The Morgan fingerprint density at radius 1 is 1.03 bits per heavy atom. The highest BCUT2D eigenvalue weighted by atomic mass is 16.3. The lowest BCUT2D eigenvalue weighted by atomic mass is 10.1. The minimum atomic E-state index is -0.408. The number of aryl methyl sites for hydroxylation is 1. The molecule has 4 aromatic rings. The van der Waals surface area contributed by atoms with Crippen LogP contribution in [0.25, 0.3) is 16.9 Å². The third-order valence-electron chi connectivity index (χ3n) is 4.53. The zero-order valence-electron chi connectivity index (χ0n) is 16.4. The maximum absolute atomic E-state index is 12.3. The highest BCUT2D eigenvalue weighted by Crippen LogP contribution is 2.23. The summed E-state index contributed by atoms with van der Waals surface area (Å²) >= 11 is 0. The van der Waals surface area contributed by atoms with Gasteiger partial charge in [0.05, 0.1) is 11.9 Å². The number of amides is 1. The fraction of sp³-hybridized carbons (Fsp3) is 0.0417. The van der Waals surface area contributed by atoms with Gasteiger partial charge in [0.15, 0.2) is 0 Å². The number of hydrogen-bond acceptors (Lipinski definition) is 4. The molecule has 4 rings (SSSR count). The number of carbonyl (C=O) groups excluding carboxylic acids is 1. The lowest BCUT2D eigenvalue weighted by Crippen LogP contribution is -2.17. The first-order chi connectivity index (χ1) is 14.6. The smallest absolute Gasteiger partial charge is 0.271 e. The molecule has 0 aliphatic heterocycles. The van der Waals surface area contributed by atoms with Crippen LogP contribution >= 0.6 is 0 Å². The maximum atomic E-state index is 12.3. The first kappa shape index (κ1) is 19.1. The predicted octanol–water partition coefficient (Wildman–Crippen LogP) is 4.32. The zero-order valence-corrected chi connectivity index (χ0v) is 16.4. The van der Waals surface area contributed by atoms with E-state index in [0.29, 0.717) is 5.56 Å². The largest absolute Gasteiger partial charge is 0.508 e. The summed E-state index contributed by atoms with van der Waals surface area (Å²) in [7, 11) is 0. The molecule has 6 nitrogen and oxygen atoms in total. The summed E-state index contributed by atoms with van der Waals surface area (Å²) in [6, 6.07) is 24.0. The number of benzene rings is 3. The Bertz CT molecular complexity index is 1210. The molecule has 6 heteroatoms. The molecular weight excluding hydrogens is 376 g/mol. The summed E-state index contributed by atoms with van der Waals surface area (Å²) in [5.74, 6) is -0.382. The minimum absolute atomic E-state index is 0.0255. The molecule has 1 amide bonds. The van der Waals surface area contributed by atoms with Crippen LogP contribution in [0.4, 0.5) is 0 Å². The number of aromatic nitrogens is 2. The Morgan fingerprint density at radius 3 is 2.60 bits per heavy atom. The summed E-state index contributed by atoms with van der Waals surface area (Å²) < 4.78 is 1.79. The second-order valence-corrected chi connectivity index (χ2v) is 6.83. The second-order valence-electron chi connectivity index (χ2n) is 6.83. The van der Waals surface area contributed by atoms with E-state index < -0.39 is 5.91 Å². The molecule has 0 atom stereocenters. The van der Waals surface area contributed by atoms with Gasteiger partial charge < -0.3 is 5.11 Å². The van der Waals surface area contributed by atoms with Crippen LogP contribution in [0.2, 0.25) is 0 Å². The number of hydrazone groups is 1. The highest BCUT2D eigenvalue weighted by Gasteiger charge is 2.12. The van der Waals surface area contributed by atoms with Gasteiger partial charge in [-0.05, 0) is 43.3 Å². The van der Waals surface area contributed by atoms with Gasteiger partial charge >= 0.3 is 0 Å². The Morgan fingerprint density at radius 2 is 1.83 bits per heavy atom. The van der Waals surface area contributed by atoms with Crippen LogP contribution in [0.1, 0.15) is 21.5 Å². The molecule has 0 unspecified atom stereocenters. The number of phenols is 1. The van der Waals surface area contributed by atoms with Crippen molar-refractivity contribution >= 4 is 12.1 Å². The lowest BCUT2D eigenvalue weighted by molar-refractivity contribution is 0.0954. The van der Waals surface area contributed by atoms with Gasteiger partial charge in [-0.3, -0.25) is 4.79 Å². The van der Waals surface area contributed by atoms with Crippen molar-refractivity contribution in [1.29, 1.82) is 0 Å². The van der Waals surface area contributed by atoms with E-state index in [0.717, 1.165) is 28.1 Å². The minimum Gasteiger partial charge on any atom is -0.508 e. The molecule has 1 heterocycles. The molecule has 148 valence electrons. The third kappa shape index (κ3) is 4.28. The van der Waals surface area contributed by atoms with Gasteiger partial charge in [0.1, 0.15) is 11.4 Å². The normalized spacial score (nSPS) is 11.0. The van der Waals surface area contributed by atoms with E-state index in [1.807, 2.05) is 61.7 Å². The van der Waals surface area contributed by atoms with Gasteiger partial charge in [-0.1, -0.05) is 48.0 Å². The monoisotopic (exact) mass is 396 g/mol. The van der Waals surface area contributed by atoms with Gasteiger partial charge in [0.2, 0.25) is 0 Å². The fourth-order valence-electron chi connectivity index (χ4n) is 3.08. The van der Waals surface area contributed by atoms with E-state index in [4.69, 9.17) is 5.10 Å². The maximum Gasteiger partial charge on any atom is 0.271 e. The van der Waals surface area contributed by atoms with E-state index in [2.05, 4.69) is 16.6 Å². The molecule has 0 aliphatic carbocycles. The van der Waals surface area contributed by atoms with Crippen molar-refractivity contribution in [2.45, 2.75) is 6.92 Å². The molecule has 0 radical (unpaired) electrons. The molecule has 2 N–H and O–H groups in total. The summed E-state index contributed by atoms with van der Waals surface area (Å²) in [5, 5.41) is 18.4. The molecule has 0 saturated heterocycles. The average Bonchev–Trinajstić information content (AvgIpc) is 3.18. The van der Waals surface area contributed by atoms with Crippen molar-refractivity contribution in [2.75, 3.05) is 0 Å². The number of phenolic OH excluding ortho intramolecular Hbond substituents is 1. The van der Waals surface area contributed by atoms with Crippen molar-refractivity contribution in [3.63, 3.8) is 0 Å². The van der Waals surface area contributed by atoms with Gasteiger partial charge in [-0.2, -0.15) is 10.2 Å². The van der Waals surface area contributed by atoms with E-state index >= 15 is 0 Å². The molecule has 3 aromatic carbocycles. The molecule has 1 aromatic heterocycles. The van der Waals surface area contributed by atoms with Crippen molar-refractivity contribution in [3.05, 3.63) is 102 Å². The molecule has 30 heavy (non-hydrogen) atoms. The summed E-state index contributed by atoms with van der Waals surface area (Å²) in [5.41, 5.74) is 7.36. The number of para-hydroxylation sites is 1. The van der Waals surface area contributed by atoms with E-state index in [1.54, 1.807) is 23.0 Å². The van der Waals surface area contributed by atoms with Crippen LogP contribution in [0.5, 0.6) is 5.75 Å². The third-order valence-corrected chi connectivity index (χ3v) is 4.53. The molecule has 0 saturated carbocycles. The molecule has 0 bridgehead atoms. The Balaban J connectivity index is 1.65. The Kier molecular flexibility index (Phi) is 5.39. The first-order valence-electron chi connectivity index (χ1n) is 9.45. The molecular formula is C24H20N4O2. The highest BCUT2D eigenvalue weighted by molar-refractivity contribution is 5.96. The zero-order chi connectivity index (χ0) is 20.9. The number of aromatic hydroxyl groups is 1. The lowest BCUT2D eigenvalue weighted by Gasteiger charge is -2.02. The van der Waals surface area contributed by atoms with Crippen molar-refractivity contribution in [1.82, 2.24) is 15.2 Å². The first-order valence-corrected chi connectivity index (χ1v) is 9.45. The number of nitrogens with zero attached hydrogens (tertiary/aromatic N) is 3. The molecule has 0 fully saturated rings. The summed E-state index contributed by atoms with van der Waals surface area (Å²) in [4.78, 5) is 12.3. The quantitative estimate of drug-likeness (QED) is 0.390. The second kappa shape index (κ2) is 8.45. The number of carbonyl (C=O) groups is 1. The topological polar surface area (TPSA) is 79.5 Å². The Labute approximate surface area is 174 Å². The predicted molar refractivity (Wildman–Crippen MR) is 117 cm³/mol. The van der Waals surface area contributed by atoms with Gasteiger partial charge in [-0.15, -0.1) is 0 Å². The Hall–Kier alpha value is -4.19. The van der Waals surface area contributed by atoms with E-state index in [-0.39, 0.29) is 5.75 Å². The number of hydrogen-bond donors (Lipinski definition) is 2. The van der Waals surface area contributed by atoms with Crippen LogP contribution in [0.15, 0.2) is 90.2 Å². The van der Waals surface area contributed by atoms with Gasteiger partial charge in [-0.25, -0.2) is 10.1 Å². The van der Waals surface area contributed by atoms with E-state index in [9.17, 15) is 9.90 Å². The van der Waals surface area contributed by atoms with Crippen LogP contribution in [0.3, 0.4) is 0 Å². The molecule has 0 spiro atoms. The van der Waals surface area contributed by atoms with Crippen LogP contribution in [-0.4, -0.2) is 27.0 Å². The van der Waals surface area contributed by atoms with Crippen LogP contribution < -0.4 is 5.43 Å². The fourth-order valence-corrected chi connectivity index (χ4v) is 3.08. The number of nitrogens with one attached hydrogen (secondary N) is 1. The summed E-state index contributed by atoms with van der Waals surface area (Å²) in [6.07, 6.45) is 3.45. The van der Waals surface area contributed by atoms with Crippen LogP contribution in [0, 0.1) is 6.92 Å². The van der Waals surface area contributed by atoms with Gasteiger partial charge in [0.25, 0.3) is 5.91 Å². The average molecular weight is 396 g/mol. The summed E-state index contributed by atoms with van der Waals surface area (Å²) in [6.45, 7) is 2.03. The van der Waals surface area contributed by atoms with Crippen molar-refractivity contribution in [2.24, 2.45) is 5.10 Å². The van der Waals surface area contributed by atoms with Crippen LogP contribution in [-0.2, 0) is 0 Å². The van der Waals surface area contributed by atoms with Crippen molar-refractivity contribution < 1.29 is 9.90 Å². The SMILES string of the molecule is Cc1cccc(-c2nn(-c3ccccc3)cc2/C=N\NC(=O)c2cccc(O)c2)c1. The van der Waals surface area contributed by atoms with Gasteiger partial charge in [0, 0.05) is 22.9 Å². The molecule has 0 aliphatic rings. The standard InChI is InChI=1S/C24H20N4O2/c1-17-7-5-8-18(13-17)23-20(16-28(27-23)21-10-3-2-4-11-21)15-25-26-24(30)19-9-6-12-22(29)14-19/h2-16,29H,1H3,(H,26,30)/b25-15-.